The molecule has 4 rings (SSSR count). The molecule has 234 valence electrons. The Balaban J connectivity index is 0.000000676. The number of rotatable bonds is 9. The minimum Gasteiger partial charge on any atom is -0.618 e. The maximum atomic E-state index is 14.5. The van der Waals surface area contributed by atoms with E-state index in [2.05, 4.69) is 25.7 Å². The zero-order chi connectivity index (χ0) is 32.7. The summed E-state index contributed by atoms with van der Waals surface area (Å²) in [4.78, 5) is 42.0. The summed E-state index contributed by atoms with van der Waals surface area (Å²) in [6.45, 7) is -1.56. The predicted molar refractivity (Wildman–Crippen MR) is 143 cm³/mol. The lowest BCUT2D eigenvalue weighted by Crippen LogP contribution is -2.41. The van der Waals surface area contributed by atoms with Gasteiger partial charge in [-0.25, -0.2) is 19.4 Å². The summed E-state index contributed by atoms with van der Waals surface area (Å²) in [5.74, 6) is -7.42. The molecule has 0 aliphatic heterocycles. The number of hydrogen-bond acceptors (Lipinski definition) is 8. The van der Waals surface area contributed by atoms with Crippen LogP contribution in [-0.2, 0) is 28.6 Å². The molecular weight excluding hydrogens is 646 g/mol. The first-order valence-electron chi connectivity index (χ1n) is 11.9. The van der Waals surface area contributed by atoms with Gasteiger partial charge in [-0.05, 0) is 29.8 Å². The van der Waals surface area contributed by atoms with Gasteiger partial charge >= 0.3 is 18.1 Å². The average molecular weight is 665 g/mol. The number of carbonyl (C=O) groups excluding carboxylic acids is 1. The van der Waals surface area contributed by atoms with Gasteiger partial charge in [0.05, 0.1) is 18.4 Å². The van der Waals surface area contributed by atoms with Crippen LogP contribution in [0.15, 0.2) is 66.2 Å². The molecule has 3 N–H and O–H groups in total. The summed E-state index contributed by atoms with van der Waals surface area (Å²) in [5, 5.41) is 28.0. The van der Waals surface area contributed by atoms with Gasteiger partial charge in [0.2, 0.25) is 5.91 Å². The molecule has 1 aromatic carbocycles. The molecule has 0 unspecified atom stereocenters. The van der Waals surface area contributed by atoms with Crippen molar-refractivity contribution in [2.24, 2.45) is 0 Å². The maximum Gasteiger partial charge on any atom is 0.490 e. The quantitative estimate of drug-likeness (QED) is 0.138. The minimum absolute atomic E-state index is 0.0355. The van der Waals surface area contributed by atoms with Crippen LogP contribution >= 0.6 is 23.2 Å². The molecule has 0 saturated heterocycles. The van der Waals surface area contributed by atoms with Crippen molar-refractivity contribution in [1.29, 1.82) is 0 Å². The number of pyridine rings is 1. The zero-order valence-electron chi connectivity index (χ0n) is 21.8. The third-order valence-electron chi connectivity index (χ3n) is 5.41. The van der Waals surface area contributed by atoms with Crippen molar-refractivity contribution >= 4 is 40.9 Å². The lowest BCUT2D eigenvalue weighted by molar-refractivity contribution is -0.624. The van der Waals surface area contributed by atoms with Crippen molar-refractivity contribution in [3.63, 3.8) is 0 Å². The summed E-state index contributed by atoms with van der Waals surface area (Å²) < 4.78 is 63.2. The fraction of sp³-hybridized carbons (Fsp3) is 0.208. The maximum absolute atomic E-state index is 14.5. The Bertz CT molecular complexity index is 1690. The van der Waals surface area contributed by atoms with E-state index < -0.39 is 54.1 Å². The number of nitrogens with one attached hydrogen (secondary N) is 2. The number of carbonyl (C=O) groups is 2. The first-order valence-corrected chi connectivity index (χ1v) is 12.6. The molecule has 20 heteroatoms. The molecular formula is C24H19Cl2F5N8O5. The Morgan fingerprint density at radius 2 is 1.82 bits per heavy atom. The van der Waals surface area contributed by atoms with Crippen molar-refractivity contribution in [3.8, 4) is 5.69 Å². The number of alkyl halides is 5. The molecule has 0 atom stereocenters. The van der Waals surface area contributed by atoms with Crippen LogP contribution in [0.5, 0.6) is 0 Å². The second-order valence-corrected chi connectivity index (χ2v) is 9.31. The van der Waals surface area contributed by atoms with E-state index in [1.807, 2.05) is 0 Å². The van der Waals surface area contributed by atoms with Gasteiger partial charge in [0.1, 0.15) is 24.4 Å². The normalized spacial score (nSPS) is 11.3. The SMILES string of the molecule is O=C(Cn1c(Cl)cnc(NCC(F)(F)c2cccc[n+]2[O-])c1=O)NCc1cc(Cl)ccc1-n1cncn1.O=C(O)C(F)(F)F. The van der Waals surface area contributed by atoms with Crippen molar-refractivity contribution < 1.29 is 41.4 Å². The molecule has 0 fully saturated rings. The molecule has 3 heterocycles. The molecule has 0 radical (unpaired) electrons. The zero-order valence-corrected chi connectivity index (χ0v) is 23.3. The van der Waals surface area contributed by atoms with Gasteiger partial charge in [-0.1, -0.05) is 23.2 Å². The summed E-state index contributed by atoms with van der Waals surface area (Å²) in [7, 11) is 0. The summed E-state index contributed by atoms with van der Waals surface area (Å²) >= 11 is 12.1. The third kappa shape index (κ3) is 8.83. The van der Waals surface area contributed by atoms with Gasteiger partial charge in [0.25, 0.3) is 11.3 Å². The Kier molecular flexibility index (Phi) is 10.8. The highest BCUT2D eigenvalue weighted by Gasteiger charge is 2.39. The number of anilines is 1. The van der Waals surface area contributed by atoms with E-state index in [9.17, 15) is 36.7 Å². The standard InChI is InChI=1S/C22H18Cl2F2N8O3.C2HF3O2/c23-15-4-5-16(33-13-27-12-31-33)14(7-15)8-28-19(35)10-32-18(24)9-29-20(21(32)36)30-11-22(25,26)17-3-1-2-6-34(17)37;3-2(4,5)1(6)7/h1-7,9,12-13H,8,10-11H2,(H,28,35)(H,29,30);(H,6,7). The largest absolute Gasteiger partial charge is 0.618 e. The number of hydrogen-bond donors (Lipinski definition) is 3. The van der Waals surface area contributed by atoms with Crippen molar-refractivity contribution in [1.82, 2.24) is 29.6 Å². The highest BCUT2D eigenvalue weighted by Crippen LogP contribution is 2.25. The third-order valence-corrected chi connectivity index (χ3v) is 5.95. The lowest BCUT2D eigenvalue weighted by Gasteiger charge is -2.17. The van der Waals surface area contributed by atoms with E-state index in [0.717, 1.165) is 23.0 Å². The topological polar surface area (TPSA) is 171 Å². The van der Waals surface area contributed by atoms with Crippen LogP contribution in [0.25, 0.3) is 5.69 Å². The van der Waals surface area contributed by atoms with Crippen LogP contribution in [0.1, 0.15) is 11.3 Å². The number of aromatic nitrogens is 6. The van der Waals surface area contributed by atoms with Gasteiger partial charge in [-0.15, -0.1) is 0 Å². The van der Waals surface area contributed by atoms with E-state index in [0.29, 0.717) is 16.3 Å². The van der Waals surface area contributed by atoms with Crippen molar-refractivity contribution in [3.05, 3.63) is 98.4 Å². The molecule has 0 aliphatic rings. The number of nitrogens with zero attached hydrogens (tertiary/aromatic N) is 6. The number of benzene rings is 1. The Hall–Kier alpha value is -4.84. The second-order valence-electron chi connectivity index (χ2n) is 8.48. The van der Waals surface area contributed by atoms with Gasteiger partial charge < -0.3 is 20.9 Å². The molecule has 0 bridgehead atoms. The van der Waals surface area contributed by atoms with E-state index >= 15 is 0 Å². The second kappa shape index (κ2) is 14.1. The van der Waals surface area contributed by atoms with E-state index in [1.165, 1.54) is 29.5 Å². The van der Waals surface area contributed by atoms with E-state index in [4.69, 9.17) is 33.1 Å². The van der Waals surface area contributed by atoms with E-state index in [1.54, 1.807) is 18.2 Å². The monoisotopic (exact) mass is 664 g/mol. The van der Waals surface area contributed by atoms with Gasteiger partial charge in [-0.3, -0.25) is 14.2 Å². The van der Waals surface area contributed by atoms with Crippen molar-refractivity contribution in [2.45, 2.75) is 25.2 Å². The number of carboxylic acids is 1. The Morgan fingerprint density at radius 1 is 1.11 bits per heavy atom. The molecule has 1 amide bonds. The fourth-order valence-corrected chi connectivity index (χ4v) is 3.76. The van der Waals surface area contributed by atoms with Crippen LogP contribution in [0.3, 0.4) is 0 Å². The molecule has 0 saturated carbocycles. The Morgan fingerprint density at radius 3 is 2.43 bits per heavy atom. The number of halogens is 7. The molecule has 4 aromatic rings. The molecule has 44 heavy (non-hydrogen) atoms. The molecule has 3 aromatic heterocycles. The first-order chi connectivity index (χ1) is 20.6. The predicted octanol–water partition coefficient (Wildman–Crippen LogP) is 2.92. The summed E-state index contributed by atoms with van der Waals surface area (Å²) in [6.07, 6.45) is -0.258. The smallest absolute Gasteiger partial charge is 0.490 e. The van der Waals surface area contributed by atoms with Crippen LogP contribution in [0.4, 0.5) is 27.8 Å². The minimum atomic E-state index is -5.08. The van der Waals surface area contributed by atoms with Crippen LogP contribution in [0.2, 0.25) is 10.2 Å². The van der Waals surface area contributed by atoms with E-state index in [-0.39, 0.29) is 16.4 Å². The number of carboxylic acid groups (broad SMARTS) is 1. The van der Waals surface area contributed by atoms with Crippen LogP contribution in [-0.4, -0.2) is 54.0 Å². The van der Waals surface area contributed by atoms with Gasteiger partial charge in [-0.2, -0.15) is 31.8 Å². The van der Waals surface area contributed by atoms with Gasteiger partial charge in [0, 0.05) is 23.7 Å². The average Bonchev–Trinajstić information content (AvgIpc) is 3.48. The highest BCUT2D eigenvalue weighted by atomic mass is 35.5. The lowest BCUT2D eigenvalue weighted by atomic mass is 10.1. The fourth-order valence-electron chi connectivity index (χ4n) is 3.38. The number of amides is 1. The Labute approximate surface area is 253 Å². The van der Waals surface area contributed by atoms with Crippen molar-refractivity contribution in [2.75, 3.05) is 11.9 Å². The van der Waals surface area contributed by atoms with Crippen LogP contribution < -0.4 is 20.9 Å². The number of aliphatic carboxylic acids is 1. The first kappa shape index (κ1) is 33.7. The summed E-state index contributed by atoms with van der Waals surface area (Å²) in [6, 6.07) is 8.59. The molecule has 0 spiro atoms. The van der Waals surface area contributed by atoms with Gasteiger partial charge in [0.15, 0.2) is 12.0 Å². The molecule has 13 nitrogen and oxygen atoms in total. The summed E-state index contributed by atoms with van der Waals surface area (Å²) in [5.41, 5.74) is -0.442. The molecule has 0 aliphatic carbocycles. The van der Waals surface area contributed by atoms with Crippen LogP contribution in [0, 0.1) is 5.21 Å². The highest BCUT2D eigenvalue weighted by molar-refractivity contribution is 6.30.